The lowest BCUT2D eigenvalue weighted by atomic mass is 9.78. The number of hydrogen-bond donors (Lipinski definition) is 1. The van der Waals surface area contributed by atoms with E-state index in [9.17, 15) is 0 Å². The molecule has 0 saturated heterocycles. The van der Waals surface area contributed by atoms with Gasteiger partial charge in [0.2, 0.25) is 5.69 Å². The van der Waals surface area contributed by atoms with Crippen LogP contribution in [-0.2, 0) is 10.8 Å². The van der Waals surface area contributed by atoms with Gasteiger partial charge in [0.15, 0.2) is 5.71 Å². The fourth-order valence-electron chi connectivity index (χ4n) is 8.33. The van der Waals surface area contributed by atoms with Crippen molar-refractivity contribution in [1.82, 2.24) is 5.32 Å². The average molecular weight is 579 g/mol. The van der Waals surface area contributed by atoms with Crippen molar-refractivity contribution in [2.75, 3.05) is 26.0 Å². The first-order valence-electron chi connectivity index (χ1n) is 16.0. The molecule has 3 aliphatic rings. The van der Waals surface area contributed by atoms with E-state index >= 15 is 0 Å². The topological polar surface area (TPSA) is 18.3 Å². The highest BCUT2D eigenvalue weighted by atomic mass is 15.2. The maximum atomic E-state index is 3.60. The van der Waals surface area contributed by atoms with Gasteiger partial charge in [-0.3, -0.25) is 0 Å². The first-order chi connectivity index (χ1) is 21.1. The molecule has 44 heavy (non-hydrogen) atoms. The van der Waals surface area contributed by atoms with Crippen LogP contribution in [0.5, 0.6) is 0 Å². The first-order valence-corrected chi connectivity index (χ1v) is 16.0. The molecule has 2 aliphatic heterocycles. The van der Waals surface area contributed by atoms with Gasteiger partial charge in [-0.05, 0) is 89.6 Å². The zero-order valence-electron chi connectivity index (χ0n) is 27.3. The summed E-state index contributed by atoms with van der Waals surface area (Å²) in [5, 5.41) is 8.92. The van der Waals surface area contributed by atoms with Gasteiger partial charge >= 0.3 is 0 Å². The Morgan fingerprint density at radius 1 is 0.750 bits per heavy atom. The van der Waals surface area contributed by atoms with Crippen molar-refractivity contribution < 1.29 is 4.58 Å². The van der Waals surface area contributed by atoms with Crippen molar-refractivity contribution in [1.29, 1.82) is 0 Å². The third kappa shape index (κ3) is 4.20. The molecule has 0 unspecified atom stereocenters. The van der Waals surface area contributed by atoms with E-state index in [1.54, 1.807) is 0 Å². The molecule has 1 N–H and O–H groups in total. The second kappa shape index (κ2) is 10.4. The second-order valence-electron chi connectivity index (χ2n) is 13.7. The lowest BCUT2D eigenvalue weighted by Gasteiger charge is -2.25. The molecule has 4 aromatic rings. The van der Waals surface area contributed by atoms with Crippen molar-refractivity contribution >= 4 is 38.6 Å². The van der Waals surface area contributed by atoms with Crippen LogP contribution < -0.4 is 10.2 Å². The van der Waals surface area contributed by atoms with Gasteiger partial charge in [0, 0.05) is 54.3 Å². The van der Waals surface area contributed by atoms with Crippen LogP contribution in [0, 0.1) is 0 Å². The minimum absolute atomic E-state index is 0.0859. The molecule has 0 saturated carbocycles. The molecule has 0 fully saturated rings. The van der Waals surface area contributed by atoms with E-state index in [1.165, 1.54) is 72.3 Å². The summed E-state index contributed by atoms with van der Waals surface area (Å²) >= 11 is 0. The maximum absolute atomic E-state index is 3.60. The summed E-state index contributed by atoms with van der Waals surface area (Å²) in [6, 6.07) is 26.7. The zero-order valence-corrected chi connectivity index (χ0v) is 27.3. The summed E-state index contributed by atoms with van der Waals surface area (Å²) in [5.74, 6) is 0. The molecule has 4 aromatic carbocycles. The summed E-state index contributed by atoms with van der Waals surface area (Å²) in [7, 11) is 6.51. The summed E-state index contributed by atoms with van der Waals surface area (Å²) in [4.78, 5) is 2.39. The van der Waals surface area contributed by atoms with Crippen LogP contribution in [0.1, 0.15) is 58.1 Å². The number of allylic oxidation sites excluding steroid dienone is 7. The third-order valence-corrected chi connectivity index (χ3v) is 10.5. The van der Waals surface area contributed by atoms with Gasteiger partial charge in [-0.15, -0.1) is 0 Å². The number of nitrogens with zero attached hydrogens (tertiary/aromatic N) is 2. The van der Waals surface area contributed by atoms with E-state index in [0.717, 1.165) is 19.3 Å². The molecular weight excluding hydrogens is 534 g/mol. The van der Waals surface area contributed by atoms with E-state index in [0.29, 0.717) is 0 Å². The highest BCUT2D eigenvalue weighted by molar-refractivity contribution is 6.07. The molecular formula is C41H44N3+. The number of likely N-dealkylation sites (N-methyl/N-ethyl adjacent to an activating group) is 2. The molecule has 3 nitrogen and oxygen atoms in total. The summed E-state index contributed by atoms with van der Waals surface area (Å²) in [6.07, 6.45) is 12.8. The van der Waals surface area contributed by atoms with E-state index < -0.39 is 0 Å². The number of rotatable bonds is 4. The monoisotopic (exact) mass is 578 g/mol. The van der Waals surface area contributed by atoms with Crippen molar-refractivity contribution in [3.63, 3.8) is 0 Å². The van der Waals surface area contributed by atoms with Crippen LogP contribution in [0.2, 0.25) is 0 Å². The van der Waals surface area contributed by atoms with Crippen LogP contribution in [-0.4, -0.2) is 31.4 Å². The number of anilines is 1. The fourth-order valence-corrected chi connectivity index (χ4v) is 8.33. The van der Waals surface area contributed by atoms with Gasteiger partial charge in [0.05, 0.1) is 5.41 Å². The van der Waals surface area contributed by atoms with E-state index in [2.05, 4.69) is 161 Å². The van der Waals surface area contributed by atoms with E-state index in [4.69, 9.17) is 0 Å². The minimum atomic E-state index is -0.0859. The molecule has 3 heteroatoms. The number of benzene rings is 4. The second-order valence-corrected chi connectivity index (χ2v) is 13.7. The summed E-state index contributed by atoms with van der Waals surface area (Å²) < 4.78 is 2.39. The van der Waals surface area contributed by atoms with E-state index in [-0.39, 0.29) is 10.8 Å². The third-order valence-electron chi connectivity index (χ3n) is 10.5. The van der Waals surface area contributed by atoms with Gasteiger partial charge in [0.25, 0.3) is 0 Å². The molecule has 2 heterocycles. The Morgan fingerprint density at radius 2 is 1.41 bits per heavy atom. The molecule has 0 bridgehead atoms. The first kappa shape index (κ1) is 28.4. The maximum Gasteiger partial charge on any atom is 0.210 e. The normalized spacial score (nSPS) is 20.9. The standard InChI is InChI=1S/C41H43N3/c1-40(2)35(43(6)33-23-19-27-13-8-10-17-31(27)37(33)40)25-21-29-15-12-16-30(39(29)42-5)22-26-36-41(3,4)38-32-18-11-9-14-28(32)20-24-34(38)44(36)7/h8-11,13-14,17-26H,12,15-16H2,1-7H3/p+1/b29-21+,35-25+. The summed E-state index contributed by atoms with van der Waals surface area (Å²) in [5.41, 5.74) is 12.0. The van der Waals surface area contributed by atoms with Crippen molar-refractivity contribution in [2.45, 2.75) is 57.8 Å². The molecule has 0 amide bonds. The molecule has 7 rings (SSSR count). The highest BCUT2D eigenvalue weighted by Gasteiger charge is 2.44. The number of hydrogen-bond acceptors (Lipinski definition) is 2. The van der Waals surface area contributed by atoms with Gasteiger partial charge < -0.3 is 10.2 Å². The minimum Gasteiger partial charge on any atom is -0.388 e. The number of nitrogens with one attached hydrogen (secondary N) is 1. The lowest BCUT2D eigenvalue weighted by molar-refractivity contribution is -0.401. The average Bonchev–Trinajstić information content (AvgIpc) is 3.35. The SMILES string of the molecule is CNC1=C(/C=C/C2=[N+](C)c3ccc4ccccc4c3C2(C)C)CCC/C1=C\C=C1\N(C)c2ccc3ccccc3c2C1(C)C. The predicted octanol–water partition coefficient (Wildman–Crippen LogP) is 9.45. The van der Waals surface area contributed by atoms with Gasteiger partial charge in [0.1, 0.15) is 7.05 Å². The molecule has 222 valence electrons. The Kier molecular flexibility index (Phi) is 6.69. The van der Waals surface area contributed by atoms with Crippen LogP contribution in [0.3, 0.4) is 0 Å². The lowest BCUT2D eigenvalue weighted by Crippen LogP contribution is -2.27. The molecule has 0 atom stereocenters. The van der Waals surface area contributed by atoms with Gasteiger partial charge in [-0.1, -0.05) is 80.6 Å². The largest absolute Gasteiger partial charge is 0.388 e. The van der Waals surface area contributed by atoms with Crippen molar-refractivity contribution in [3.05, 3.63) is 131 Å². The zero-order chi connectivity index (χ0) is 30.8. The van der Waals surface area contributed by atoms with E-state index in [1.807, 2.05) is 0 Å². The Morgan fingerprint density at radius 3 is 2.11 bits per heavy atom. The molecule has 0 radical (unpaired) electrons. The molecule has 0 aromatic heterocycles. The summed E-state index contributed by atoms with van der Waals surface area (Å²) in [6.45, 7) is 9.48. The van der Waals surface area contributed by atoms with Crippen LogP contribution in [0.25, 0.3) is 21.5 Å². The van der Waals surface area contributed by atoms with Crippen LogP contribution >= 0.6 is 0 Å². The van der Waals surface area contributed by atoms with Crippen LogP contribution in [0.4, 0.5) is 11.4 Å². The van der Waals surface area contributed by atoms with Crippen LogP contribution in [0.15, 0.2) is 120 Å². The molecule has 0 spiro atoms. The smallest absolute Gasteiger partial charge is 0.210 e. The van der Waals surface area contributed by atoms with Crippen molar-refractivity contribution in [3.8, 4) is 0 Å². The molecule has 1 aliphatic carbocycles. The predicted molar refractivity (Wildman–Crippen MR) is 188 cm³/mol. The van der Waals surface area contributed by atoms with Gasteiger partial charge in [-0.25, -0.2) is 0 Å². The Labute approximate surface area is 262 Å². The fraction of sp³-hybridized carbons (Fsp3) is 0.293. The Hall–Kier alpha value is -4.37. The van der Waals surface area contributed by atoms with Gasteiger partial charge in [-0.2, -0.15) is 4.58 Å². The quantitative estimate of drug-likeness (QED) is 0.243. The highest BCUT2D eigenvalue weighted by Crippen LogP contribution is 2.50. The number of fused-ring (bicyclic) bond motifs is 6. The van der Waals surface area contributed by atoms with Crippen molar-refractivity contribution in [2.24, 2.45) is 0 Å². The Balaban J connectivity index is 1.24. The Bertz CT molecular complexity index is 1990.